The maximum Gasteiger partial charge on any atom is 0.279 e. The quantitative estimate of drug-likeness (QED) is 0.445. The number of thioether (sulfide) groups is 1. The molecule has 0 radical (unpaired) electrons. The summed E-state index contributed by atoms with van der Waals surface area (Å²) in [6.45, 7) is 2.68. The summed E-state index contributed by atoms with van der Waals surface area (Å²) in [6, 6.07) is 6.75. The van der Waals surface area contributed by atoms with Crippen LogP contribution in [0.1, 0.15) is 16.2 Å². The van der Waals surface area contributed by atoms with Gasteiger partial charge in [-0.05, 0) is 19.1 Å². The van der Waals surface area contributed by atoms with Crippen molar-refractivity contribution in [3.63, 3.8) is 0 Å². The van der Waals surface area contributed by atoms with Crippen molar-refractivity contribution in [3.05, 3.63) is 35.7 Å². The first-order valence-corrected chi connectivity index (χ1v) is 10.3. The largest absolute Gasteiger partial charge is 0.486 e. The molecular weight excluding hydrogens is 418 g/mol. The molecule has 2 N–H and O–H groups in total. The van der Waals surface area contributed by atoms with E-state index in [9.17, 15) is 9.59 Å². The number of hydrogen-bond donors (Lipinski definition) is 2. The average Bonchev–Trinajstić information content (AvgIpc) is 3.35. The zero-order valence-electron chi connectivity index (χ0n) is 15.1. The SMILES string of the molecule is Cc1cc(C(=O)Nc2nnc(SCC(=O)Nc3ccc4c(c3)OCCO4)s2)no1. The van der Waals surface area contributed by atoms with Gasteiger partial charge in [0.25, 0.3) is 5.91 Å². The molecular formula is C17H15N5O5S2. The number of rotatable bonds is 6. The summed E-state index contributed by atoms with van der Waals surface area (Å²) in [6.07, 6.45) is 0. The van der Waals surface area contributed by atoms with E-state index in [1.165, 1.54) is 17.8 Å². The van der Waals surface area contributed by atoms with Crippen molar-refractivity contribution in [2.75, 3.05) is 29.6 Å². The summed E-state index contributed by atoms with van der Waals surface area (Å²) in [5.74, 6) is 1.30. The van der Waals surface area contributed by atoms with Crippen LogP contribution in [0.2, 0.25) is 0 Å². The van der Waals surface area contributed by atoms with E-state index in [0.29, 0.717) is 45.6 Å². The fraction of sp³-hybridized carbons (Fsp3) is 0.235. The first-order chi connectivity index (χ1) is 14.1. The van der Waals surface area contributed by atoms with Crippen molar-refractivity contribution in [2.24, 2.45) is 0 Å². The molecule has 0 atom stereocenters. The zero-order chi connectivity index (χ0) is 20.2. The zero-order valence-corrected chi connectivity index (χ0v) is 16.8. The summed E-state index contributed by atoms with van der Waals surface area (Å²) in [5.41, 5.74) is 0.777. The molecule has 150 valence electrons. The number of nitrogens with one attached hydrogen (secondary N) is 2. The Kier molecular flexibility index (Phi) is 5.62. The van der Waals surface area contributed by atoms with Crippen LogP contribution < -0.4 is 20.1 Å². The second kappa shape index (κ2) is 8.49. The monoisotopic (exact) mass is 433 g/mol. The predicted octanol–water partition coefficient (Wildman–Crippen LogP) is 2.59. The van der Waals surface area contributed by atoms with Crippen LogP contribution in [-0.2, 0) is 4.79 Å². The number of aromatic nitrogens is 3. The van der Waals surface area contributed by atoms with Crippen molar-refractivity contribution < 1.29 is 23.6 Å². The molecule has 0 aliphatic carbocycles. The molecule has 3 aromatic rings. The lowest BCUT2D eigenvalue weighted by molar-refractivity contribution is -0.113. The second-order valence-corrected chi connectivity index (χ2v) is 8.05. The van der Waals surface area contributed by atoms with E-state index >= 15 is 0 Å². The fourth-order valence-electron chi connectivity index (χ4n) is 2.40. The average molecular weight is 433 g/mol. The molecule has 0 spiro atoms. The molecule has 1 aliphatic heterocycles. The molecule has 0 unspecified atom stereocenters. The van der Waals surface area contributed by atoms with Crippen LogP contribution in [-0.4, -0.2) is 46.1 Å². The van der Waals surface area contributed by atoms with Gasteiger partial charge in [-0.25, -0.2) is 0 Å². The number of fused-ring (bicyclic) bond motifs is 1. The summed E-state index contributed by atoms with van der Waals surface area (Å²) < 4.78 is 16.4. The summed E-state index contributed by atoms with van der Waals surface area (Å²) >= 11 is 2.38. The first kappa shape index (κ1) is 19.2. The van der Waals surface area contributed by atoms with Crippen LogP contribution in [0, 0.1) is 6.92 Å². The maximum absolute atomic E-state index is 12.2. The number of hydrogen-bond acceptors (Lipinski definition) is 10. The lowest BCUT2D eigenvalue weighted by Crippen LogP contribution is -2.17. The van der Waals surface area contributed by atoms with Gasteiger partial charge in [-0.1, -0.05) is 28.3 Å². The minimum absolute atomic E-state index is 0.138. The molecule has 1 aliphatic rings. The first-order valence-electron chi connectivity index (χ1n) is 8.47. The molecule has 12 heteroatoms. The molecule has 0 saturated carbocycles. The smallest absolute Gasteiger partial charge is 0.279 e. The summed E-state index contributed by atoms with van der Waals surface area (Å²) in [7, 11) is 0. The van der Waals surface area contributed by atoms with Gasteiger partial charge in [0, 0.05) is 17.8 Å². The molecule has 0 bridgehead atoms. The van der Waals surface area contributed by atoms with E-state index in [2.05, 4.69) is 26.0 Å². The van der Waals surface area contributed by atoms with E-state index in [1.54, 1.807) is 25.1 Å². The molecule has 2 amide bonds. The van der Waals surface area contributed by atoms with Crippen LogP contribution in [0.4, 0.5) is 10.8 Å². The number of nitrogens with zero attached hydrogens (tertiary/aromatic N) is 3. The number of aryl methyl sites for hydroxylation is 1. The topological polar surface area (TPSA) is 128 Å². The van der Waals surface area contributed by atoms with E-state index in [1.807, 2.05) is 0 Å². The molecule has 1 aromatic carbocycles. The van der Waals surface area contributed by atoms with Gasteiger partial charge in [-0.15, -0.1) is 10.2 Å². The van der Waals surface area contributed by atoms with Crippen LogP contribution in [0.25, 0.3) is 0 Å². The number of ether oxygens (including phenoxy) is 2. The highest BCUT2D eigenvalue weighted by molar-refractivity contribution is 8.01. The molecule has 29 heavy (non-hydrogen) atoms. The van der Waals surface area contributed by atoms with Crippen LogP contribution in [0.3, 0.4) is 0 Å². The highest BCUT2D eigenvalue weighted by atomic mass is 32.2. The minimum atomic E-state index is -0.439. The number of carbonyl (C=O) groups excluding carboxylic acids is 2. The van der Waals surface area contributed by atoms with Crippen LogP contribution in [0.5, 0.6) is 11.5 Å². The van der Waals surface area contributed by atoms with E-state index < -0.39 is 5.91 Å². The van der Waals surface area contributed by atoms with Crippen molar-refractivity contribution in [3.8, 4) is 11.5 Å². The molecule has 2 aromatic heterocycles. The summed E-state index contributed by atoms with van der Waals surface area (Å²) in [4.78, 5) is 24.2. The molecule has 3 heterocycles. The maximum atomic E-state index is 12.2. The molecule has 0 saturated heterocycles. The number of amides is 2. The lowest BCUT2D eigenvalue weighted by Gasteiger charge is -2.18. The Hall–Kier alpha value is -3.12. The van der Waals surface area contributed by atoms with E-state index in [0.717, 1.165) is 11.3 Å². The van der Waals surface area contributed by atoms with Crippen molar-refractivity contribution in [1.29, 1.82) is 0 Å². The molecule has 4 rings (SSSR count). The second-order valence-electron chi connectivity index (χ2n) is 5.85. The number of anilines is 2. The Morgan fingerprint density at radius 3 is 2.76 bits per heavy atom. The Morgan fingerprint density at radius 2 is 1.97 bits per heavy atom. The normalized spacial score (nSPS) is 12.4. The third kappa shape index (κ3) is 4.84. The third-order valence-electron chi connectivity index (χ3n) is 3.64. The standard InChI is InChI=1S/C17H15N5O5S2/c1-9-6-11(22-27-9)15(24)19-16-20-21-17(29-16)28-8-14(23)18-10-2-3-12-13(7-10)26-5-4-25-12/h2-3,6-7H,4-5,8H2,1H3,(H,18,23)(H,19,20,24). The van der Waals surface area contributed by atoms with E-state index in [4.69, 9.17) is 14.0 Å². The van der Waals surface area contributed by atoms with Gasteiger partial charge in [0.05, 0.1) is 5.75 Å². The summed E-state index contributed by atoms with van der Waals surface area (Å²) in [5, 5.41) is 17.2. The van der Waals surface area contributed by atoms with Crippen molar-refractivity contribution in [2.45, 2.75) is 11.3 Å². The Balaban J connectivity index is 1.28. The van der Waals surface area contributed by atoms with Gasteiger partial charge in [0.15, 0.2) is 21.5 Å². The fourth-order valence-corrected chi connectivity index (χ4v) is 3.95. The third-order valence-corrected chi connectivity index (χ3v) is 5.61. The Labute approximate surface area is 173 Å². The van der Waals surface area contributed by atoms with Crippen LogP contribution >= 0.6 is 23.1 Å². The number of benzene rings is 1. The number of carbonyl (C=O) groups is 2. The highest BCUT2D eigenvalue weighted by Gasteiger charge is 2.16. The lowest BCUT2D eigenvalue weighted by atomic mass is 10.2. The van der Waals surface area contributed by atoms with Crippen molar-refractivity contribution in [1.82, 2.24) is 15.4 Å². The van der Waals surface area contributed by atoms with Crippen molar-refractivity contribution >= 4 is 45.7 Å². The van der Waals surface area contributed by atoms with Gasteiger partial charge >= 0.3 is 0 Å². The van der Waals surface area contributed by atoms with Gasteiger partial charge in [0.1, 0.15) is 19.0 Å². The van der Waals surface area contributed by atoms with Gasteiger partial charge in [-0.3, -0.25) is 14.9 Å². The van der Waals surface area contributed by atoms with E-state index in [-0.39, 0.29) is 17.4 Å². The minimum Gasteiger partial charge on any atom is -0.486 e. The predicted molar refractivity (Wildman–Crippen MR) is 106 cm³/mol. The van der Waals surface area contributed by atoms with Gasteiger partial charge < -0.3 is 19.3 Å². The Bertz CT molecular complexity index is 1050. The van der Waals surface area contributed by atoms with Gasteiger partial charge in [-0.2, -0.15) is 0 Å². The van der Waals surface area contributed by atoms with Crippen LogP contribution in [0.15, 0.2) is 33.1 Å². The van der Waals surface area contributed by atoms with Gasteiger partial charge in [0.2, 0.25) is 11.0 Å². The molecule has 0 fully saturated rings. The highest BCUT2D eigenvalue weighted by Crippen LogP contribution is 2.33. The molecule has 10 nitrogen and oxygen atoms in total. The Morgan fingerprint density at radius 1 is 1.14 bits per heavy atom.